The monoisotopic (exact) mass is 834 g/mol. The van der Waals surface area contributed by atoms with Crippen LogP contribution in [0.1, 0.15) is 0 Å². The highest BCUT2D eigenvalue weighted by Crippen LogP contribution is 2.71. The molecule has 0 N–H and O–H groups in total. The van der Waals surface area contributed by atoms with E-state index in [9.17, 15) is 0 Å². The molecule has 0 atom stereocenters. The lowest BCUT2D eigenvalue weighted by molar-refractivity contribution is 0.658. The van der Waals surface area contributed by atoms with E-state index < -0.39 is 9.07 Å². The van der Waals surface area contributed by atoms with Crippen molar-refractivity contribution in [2.24, 2.45) is 0 Å². The first kappa shape index (κ1) is 35.5. The van der Waals surface area contributed by atoms with E-state index in [0.29, 0.717) is 0 Å². The molecule has 1 spiro atoms. The number of hydrogen-bond acceptors (Lipinski definition) is 1. The van der Waals surface area contributed by atoms with Crippen molar-refractivity contribution in [3.05, 3.63) is 231 Å². The lowest BCUT2D eigenvalue weighted by Gasteiger charge is -2.38. The van der Waals surface area contributed by atoms with E-state index in [0.717, 1.165) is 75.5 Å². The summed E-state index contributed by atoms with van der Waals surface area (Å²) < 4.78 is 22.4. The van der Waals surface area contributed by atoms with Gasteiger partial charge in [0, 0.05) is 61.3 Å². The van der Waals surface area contributed by atoms with Gasteiger partial charge in [0.1, 0.15) is 0 Å². The van der Waals surface area contributed by atoms with Crippen LogP contribution in [0.25, 0.3) is 99.5 Å². The summed E-state index contributed by atoms with van der Waals surface area (Å²) in [6.07, 6.45) is 0. The molecule has 0 saturated heterocycles. The van der Waals surface area contributed by atoms with Crippen LogP contribution in [0, 0.1) is 0 Å². The van der Waals surface area contributed by atoms with Crippen LogP contribution in [-0.2, 0) is 9.07 Å². The van der Waals surface area contributed by atoms with Gasteiger partial charge in [-0.2, -0.15) is 0 Å². The van der Waals surface area contributed by atoms with E-state index in [4.69, 9.17) is 0 Å². The molecule has 300 valence electrons. The highest BCUT2D eigenvalue weighted by Gasteiger charge is 2.57. The lowest BCUT2D eigenvalue weighted by Crippen LogP contribution is -2.30. The summed E-state index contributed by atoms with van der Waals surface area (Å²) in [6.45, 7) is 0. The van der Waals surface area contributed by atoms with Gasteiger partial charge in [-0.05, 0) is 106 Å². The molecule has 14 rings (SSSR count). The highest BCUT2D eigenvalue weighted by molar-refractivity contribution is 8.21. The van der Waals surface area contributed by atoms with Crippen molar-refractivity contribution in [3.63, 3.8) is 0 Å². The average Bonchev–Trinajstić information content (AvgIpc) is 4.03. The molecule has 0 fully saturated rings. The van der Waals surface area contributed by atoms with Gasteiger partial charge >= 0.3 is 0 Å². The van der Waals surface area contributed by atoms with Crippen molar-refractivity contribution in [1.29, 1.82) is 0 Å². The predicted molar refractivity (Wildman–Crippen MR) is 265 cm³/mol. The van der Waals surface area contributed by atoms with E-state index in [1.165, 1.54) is 43.6 Å². The van der Waals surface area contributed by atoms with Crippen molar-refractivity contribution in [3.8, 4) is 55.9 Å². The number of nitrogens with zero attached hydrogens (tertiary/aromatic N) is 2. The first-order valence-corrected chi connectivity index (χ1v) is 23.9. The number of rotatable bonds is 4. The maximum absolute atomic E-state index is 17.7. The van der Waals surface area contributed by atoms with Crippen molar-refractivity contribution >= 4 is 52.7 Å². The van der Waals surface area contributed by atoms with Crippen LogP contribution in [0.5, 0.6) is 0 Å². The van der Waals surface area contributed by atoms with E-state index in [1.807, 2.05) is 0 Å². The molecule has 0 saturated carbocycles. The van der Waals surface area contributed by atoms with Crippen molar-refractivity contribution < 1.29 is 4.21 Å². The van der Waals surface area contributed by atoms with Gasteiger partial charge in [-0.15, -0.1) is 0 Å². The average molecular weight is 835 g/mol. The molecule has 4 heteroatoms. The first-order chi connectivity index (χ1) is 31.6. The van der Waals surface area contributed by atoms with E-state index in [1.54, 1.807) is 0 Å². The maximum Gasteiger partial charge on any atom is 0.0541 e. The SMILES string of the molecule is O=S12(c3ccccc3-c3cc(-c4ccccc4-n4c5ccccc5c5ccccc54)ccc31)c1ccccc1-c1cc(-c3ccccc3-n3c4ccccc4c4ccccc43)ccc12. The molecule has 0 unspecified atom stereocenters. The third-order valence-corrected chi connectivity index (χ3v) is 18.8. The minimum atomic E-state index is -4.10. The van der Waals surface area contributed by atoms with Gasteiger partial charge in [0.2, 0.25) is 0 Å². The molecular weight excluding hydrogens is 797 g/mol. The van der Waals surface area contributed by atoms with Crippen LogP contribution in [-0.4, -0.2) is 13.3 Å². The maximum atomic E-state index is 17.7. The van der Waals surface area contributed by atoms with Crippen molar-refractivity contribution in [1.82, 2.24) is 9.13 Å². The second-order valence-electron chi connectivity index (χ2n) is 17.1. The predicted octanol–water partition coefficient (Wildman–Crippen LogP) is 15.5. The second kappa shape index (κ2) is 12.8. The normalized spacial score (nSPS) is 14.7. The first-order valence-electron chi connectivity index (χ1n) is 21.9. The smallest absolute Gasteiger partial charge is 0.0541 e. The van der Waals surface area contributed by atoms with E-state index >= 15 is 4.21 Å². The Morgan fingerprint density at radius 1 is 0.266 bits per heavy atom. The van der Waals surface area contributed by atoms with Crippen LogP contribution in [0.15, 0.2) is 250 Å². The Balaban J connectivity index is 0.987. The van der Waals surface area contributed by atoms with Crippen LogP contribution >= 0.6 is 0 Å². The molecule has 64 heavy (non-hydrogen) atoms. The number of para-hydroxylation sites is 6. The largest absolute Gasteiger partial charge is 0.309 e. The zero-order valence-corrected chi connectivity index (χ0v) is 35.5. The van der Waals surface area contributed by atoms with Gasteiger partial charge in [-0.1, -0.05) is 158 Å². The topological polar surface area (TPSA) is 26.9 Å². The molecule has 0 amide bonds. The van der Waals surface area contributed by atoms with Gasteiger partial charge < -0.3 is 9.13 Å². The Bertz CT molecular complexity index is 3680. The molecule has 3 nitrogen and oxygen atoms in total. The molecule has 4 heterocycles. The number of fused-ring (bicyclic) bond motifs is 16. The number of aromatic nitrogens is 2. The van der Waals surface area contributed by atoms with Crippen molar-refractivity contribution in [2.75, 3.05) is 0 Å². The fourth-order valence-electron chi connectivity index (χ4n) is 11.5. The Morgan fingerprint density at radius 2 is 0.562 bits per heavy atom. The summed E-state index contributed by atoms with van der Waals surface area (Å²) in [5.41, 5.74) is 15.4. The molecule has 0 radical (unpaired) electrons. The molecule has 2 aliphatic rings. The molecule has 0 bridgehead atoms. The summed E-state index contributed by atoms with van der Waals surface area (Å²) in [5.74, 6) is 0. The summed E-state index contributed by atoms with van der Waals surface area (Å²) in [5, 5.41) is 4.92. The molecule has 0 aliphatic carbocycles. The van der Waals surface area contributed by atoms with Gasteiger partial charge in [-0.25, -0.2) is 0 Å². The lowest BCUT2D eigenvalue weighted by atomic mass is 9.98. The third-order valence-electron chi connectivity index (χ3n) is 14.1. The van der Waals surface area contributed by atoms with Crippen molar-refractivity contribution in [2.45, 2.75) is 19.6 Å². The second-order valence-corrected chi connectivity index (χ2v) is 20.8. The van der Waals surface area contributed by atoms with Crippen LogP contribution in [0.2, 0.25) is 0 Å². The molecular formula is C60H38N2OS. The fraction of sp³-hybridized carbons (Fsp3) is 0. The minimum Gasteiger partial charge on any atom is -0.309 e. The quantitative estimate of drug-likeness (QED) is 0.173. The fourth-order valence-corrected chi connectivity index (χ4v) is 16.6. The third kappa shape index (κ3) is 4.37. The van der Waals surface area contributed by atoms with E-state index in [2.05, 4.69) is 240 Å². The van der Waals surface area contributed by atoms with E-state index in [-0.39, 0.29) is 0 Å². The summed E-state index contributed by atoms with van der Waals surface area (Å²) >= 11 is 0. The number of hydrogen-bond donors (Lipinski definition) is 0. The molecule has 2 aromatic heterocycles. The zero-order valence-electron chi connectivity index (χ0n) is 34.7. The van der Waals surface area contributed by atoms with Gasteiger partial charge in [0.05, 0.1) is 33.4 Å². The van der Waals surface area contributed by atoms with Gasteiger partial charge in [0.25, 0.3) is 0 Å². The summed E-state index contributed by atoms with van der Waals surface area (Å²) in [6, 6.07) is 82.2. The minimum absolute atomic E-state index is 0.876. The Labute approximate surface area is 370 Å². The standard InChI is InChI=1S/C60H38N2OS/c63-64(57-31-15-7-23-47(57)49-37-39(33-35-59(49)64)41-17-1-9-25-51(41)61-53-27-11-3-19-43(53)44-20-4-12-28-54(44)61)58-32-16-8-24-48(58)50-38-40(34-36-60(50)64)42-18-2-10-26-52(42)62-55-29-13-5-21-45(55)46-22-6-14-30-56(46)62/h1-38H. The van der Waals surface area contributed by atoms with Gasteiger partial charge in [0.15, 0.2) is 0 Å². The Morgan fingerprint density at radius 3 is 0.953 bits per heavy atom. The highest BCUT2D eigenvalue weighted by atomic mass is 32.3. The van der Waals surface area contributed by atoms with Crippen LogP contribution in [0.4, 0.5) is 0 Å². The van der Waals surface area contributed by atoms with Crippen LogP contribution in [0.3, 0.4) is 0 Å². The summed E-state index contributed by atoms with van der Waals surface area (Å²) in [7, 11) is -4.10. The Hall–Kier alpha value is -8.05. The molecule has 12 aromatic rings. The molecule has 10 aromatic carbocycles. The number of benzene rings is 10. The summed E-state index contributed by atoms with van der Waals surface area (Å²) in [4.78, 5) is 3.51. The molecule has 2 aliphatic heterocycles. The zero-order chi connectivity index (χ0) is 42.2. The van der Waals surface area contributed by atoms with Gasteiger partial charge in [-0.3, -0.25) is 4.21 Å². The Kier molecular flexibility index (Phi) is 7.09. The van der Waals surface area contributed by atoms with Crippen LogP contribution < -0.4 is 0 Å².